The Kier molecular flexibility index (Phi) is 17.0. The SMILES string of the molecule is C.CCC1=CC(=O)N(CCC(=O)NCCOCCOCC(=O)NCCCCC(NC)C(N)=O)C1=O. The van der Waals surface area contributed by atoms with E-state index in [0.29, 0.717) is 25.0 Å². The van der Waals surface area contributed by atoms with E-state index in [9.17, 15) is 24.0 Å². The molecular weight excluding hydrogens is 458 g/mol. The Hall–Kier alpha value is -2.83. The molecule has 0 aliphatic carbocycles. The number of ether oxygens (including phenoxy) is 2. The average molecular weight is 500 g/mol. The van der Waals surface area contributed by atoms with E-state index in [-0.39, 0.29) is 88.9 Å². The maximum absolute atomic E-state index is 12.0. The first-order valence-corrected chi connectivity index (χ1v) is 11.5. The van der Waals surface area contributed by atoms with Gasteiger partial charge in [0, 0.05) is 37.7 Å². The Morgan fingerprint density at radius 2 is 1.71 bits per heavy atom. The number of hydrogen-bond donors (Lipinski definition) is 4. The summed E-state index contributed by atoms with van der Waals surface area (Å²) in [6, 6.07) is -0.356. The number of amides is 5. The lowest BCUT2D eigenvalue weighted by atomic mass is 10.1. The average Bonchev–Trinajstić information content (AvgIpc) is 3.08. The molecule has 0 radical (unpaired) electrons. The minimum absolute atomic E-state index is 0. The van der Waals surface area contributed by atoms with E-state index >= 15 is 0 Å². The topological polar surface area (TPSA) is 169 Å². The normalized spacial score (nSPS) is 13.8. The van der Waals surface area contributed by atoms with Crippen molar-refractivity contribution in [1.29, 1.82) is 0 Å². The van der Waals surface area contributed by atoms with Crippen LogP contribution in [0.1, 0.15) is 46.5 Å². The Morgan fingerprint density at radius 3 is 2.34 bits per heavy atom. The molecule has 0 aromatic heterocycles. The highest BCUT2D eigenvalue weighted by Crippen LogP contribution is 2.15. The van der Waals surface area contributed by atoms with Gasteiger partial charge < -0.3 is 31.2 Å². The summed E-state index contributed by atoms with van der Waals surface area (Å²) in [6.07, 6.45) is 3.93. The highest BCUT2D eigenvalue weighted by atomic mass is 16.5. The molecule has 0 aromatic carbocycles. The molecule has 1 aliphatic heterocycles. The zero-order valence-electron chi connectivity index (χ0n) is 20.0. The molecule has 5 amide bonds. The highest BCUT2D eigenvalue weighted by Gasteiger charge is 2.29. The second-order valence-electron chi connectivity index (χ2n) is 7.67. The third kappa shape index (κ3) is 13.0. The molecule has 0 spiro atoms. The lowest BCUT2D eigenvalue weighted by molar-refractivity contribution is -0.137. The molecule has 0 fully saturated rings. The van der Waals surface area contributed by atoms with Crippen molar-refractivity contribution in [2.24, 2.45) is 5.73 Å². The number of nitrogens with zero attached hydrogens (tertiary/aromatic N) is 1. The van der Waals surface area contributed by atoms with Crippen LogP contribution in [0, 0.1) is 0 Å². The van der Waals surface area contributed by atoms with Gasteiger partial charge in [-0.1, -0.05) is 14.4 Å². The van der Waals surface area contributed by atoms with Gasteiger partial charge in [-0.2, -0.15) is 0 Å². The third-order valence-electron chi connectivity index (χ3n) is 5.13. The Bertz CT molecular complexity index is 742. The summed E-state index contributed by atoms with van der Waals surface area (Å²) in [5.41, 5.74) is 5.70. The van der Waals surface area contributed by atoms with E-state index in [1.807, 2.05) is 0 Å². The van der Waals surface area contributed by atoms with Gasteiger partial charge in [0.15, 0.2) is 0 Å². The van der Waals surface area contributed by atoms with Crippen LogP contribution >= 0.6 is 0 Å². The van der Waals surface area contributed by atoms with Crippen molar-refractivity contribution in [3.8, 4) is 0 Å². The predicted octanol–water partition coefficient (Wildman–Crippen LogP) is -0.773. The number of likely N-dealkylation sites (N-methyl/N-ethyl adjacent to an activating group) is 1. The van der Waals surface area contributed by atoms with Crippen molar-refractivity contribution >= 4 is 29.5 Å². The molecule has 5 N–H and O–H groups in total. The van der Waals surface area contributed by atoms with Gasteiger partial charge >= 0.3 is 0 Å². The zero-order valence-corrected chi connectivity index (χ0v) is 20.0. The maximum atomic E-state index is 12.0. The van der Waals surface area contributed by atoms with Gasteiger partial charge in [-0.3, -0.25) is 28.9 Å². The summed E-state index contributed by atoms with van der Waals surface area (Å²) in [6.45, 7) is 3.30. The van der Waals surface area contributed by atoms with E-state index in [2.05, 4.69) is 16.0 Å². The molecule has 1 rings (SSSR count). The first kappa shape index (κ1) is 32.2. The second-order valence-corrected chi connectivity index (χ2v) is 7.67. The number of nitrogens with one attached hydrogen (secondary N) is 3. The Labute approximate surface area is 207 Å². The summed E-state index contributed by atoms with van der Waals surface area (Å²) in [5.74, 6) is -1.61. The van der Waals surface area contributed by atoms with Crippen molar-refractivity contribution < 1.29 is 33.4 Å². The van der Waals surface area contributed by atoms with Crippen LogP contribution in [0.15, 0.2) is 11.6 Å². The van der Waals surface area contributed by atoms with E-state index in [4.69, 9.17) is 15.2 Å². The number of carbonyl (C=O) groups is 5. The Balaban J connectivity index is 0.0000116. The fraction of sp³-hybridized carbons (Fsp3) is 0.696. The van der Waals surface area contributed by atoms with Crippen molar-refractivity contribution in [3.05, 3.63) is 11.6 Å². The first-order valence-electron chi connectivity index (χ1n) is 11.5. The van der Waals surface area contributed by atoms with Gasteiger partial charge in [0.05, 0.1) is 25.9 Å². The summed E-state index contributed by atoms with van der Waals surface area (Å²) in [7, 11) is 1.68. The van der Waals surface area contributed by atoms with Crippen LogP contribution < -0.4 is 21.7 Å². The molecule has 1 aliphatic rings. The number of primary amides is 1. The van der Waals surface area contributed by atoms with Gasteiger partial charge in [-0.15, -0.1) is 0 Å². The Morgan fingerprint density at radius 1 is 1.03 bits per heavy atom. The smallest absolute Gasteiger partial charge is 0.256 e. The molecule has 1 atom stereocenters. The lowest BCUT2D eigenvalue weighted by Crippen LogP contribution is -2.39. The van der Waals surface area contributed by atoms with E-state index in [1.54, 1.807) is 14.0 Å². The second kappa shape index (κ2) is 18.5. The monoisotopic (exact) mass is 499 g/mol. The van der Waals surface area contributed by atoms with Crippen LogP contribution in [0.3, 0.4) is 0 Å². The van der Waals surface area contributed by atoms with E-state index < -0.39 is 0 Å². The molecule has 200 valence electrons. The highest BCUT2D eigenvalue weighted by molar-refractivity contribution is 6.16. The zero-order chi connectivity index (χ0) is 25.3. The molecule has 12 nitrogen and oxygen atoms in total. The lowest BCUT2D eigenvalue weighted by Gasteiger charge is -2.14. The van der Waals surface area contributed by atoms with Crippen LogP contribution in [0.25, 0.3) is 0 Å². The molecule has 1 heterocycles. The minimum Gasteiger partial charge on any atom is -0.377 e. The number of imide groups is 1. The summed E-state index contributed by atoms with van der Waals surface area (Å²) >= 11 is 0. The first-order chi connectivity index (χ1) is 16.3. The fourth-order valence-corrected chi connectivity index (χ4v) is 3.16. The van der Waals surface area contributed by atoms with Gasteiger partial charge in [0.2, 0.25) is 17.7 Å². The van der Waals surface area contributed by atoms with Crippen molar-refractivity contribution in [1.82, 2.24) is 20.9 Å². The molecule has 0 aromatic rings. The van der Waals surface area contributed by atoms with E-state index in [0.717, 1.165) is 17.7 Å². The van der Waals surface area contributed by atoms with Crippen LogP contribution in [0.4, 0.5) is 0 Å². The fourth-order valence-electron chi connectivity index (χ4n) is 3.16. The quantitative estimate of drug-likeness (QED) is 0.133. The van der Waals surface area contributed by atoms with Crippen molar-refractivity contribution in [2.45, 2.75) is 52.5 Å². The molecule has 0 saturated heterocycles. The molecule has 0 bridgehead atoms. The van der Waals surface area contributed by atoms with Crippen molar-refractivity contribution in [3.63, 3.8) is 0 Å². The van der Waals surface area contributed by atoms with Crippen LogP contribution in [0.2, 0.25) is 0 Å². The van der Waals surface area contributed by atoms with Gasteiger partial charge in [-0.05, 0) is 32.7 Å². The molecule has 35 heavy (non-hydrogen) atoms. The van der Waals surface area contributed by atoms with E-state index in [1.165, 1.54) is 6.08 Å². The molecular formula is C23H41N5O7. The number of unbranched alkanes of at least 4 members (excludes halogenated alkanes) is 1. The molecule has 0 saturated carbocycles. The van der Waals surface area contributed by atoms with Gasteiger partial charge in [0.25, 0.3) is 11.8 Å². The number of hydrogen-bond acceptors (Lipinski definition) is 8. The largest absolute Gasteiger partial charge is 0.377 e. The summed E-state index contributed by atoms with van der Waals surface area (Å²) < 4.78 is 10.6. The van der Waals surface area contributed by atoms with Crippen LogP contribution in [-0.2, 0) is 33.4 Å². The van der Waals surface area contributed by atoms with Crippen LogP contribution in [-0.4, -0.2) is 93.6 Å². The number of carbonyl (C=O) groups excluding carboxylic acids is 5. The predicted molar refractivity (Wildman–Crippen MR) is 130 cm³/mol. The van der Waals surface area contributed by atoms with Gasteiger partial charge in [0.1, 0.15) is 6.61 Å². The number of rotatable bonds is 19. The summed E-state index contributed by atoms with van der Waals surface area (Å²) in [5, 5.41) is 8.23. The van der Waals surface area contributed by atoms with Gasteiger partial charge in [-0.25, -0.2) is 0 Å². The maximum Gasteiger partial charge on any atom is 0.256 e. The molecule has 1 unspecified atom stereocenters. The standard InChI is InChI=1S/C22H37N5O7.CH4/c1-3-16-14-20(30)27(22(16)32)10-7-18(28)26-9-11-33-12-13-34-15-19(29)25-8-5-4-6-17(24-2)21(23)31;/h14,17,24H,3-13,15H2,1-2H3,(H2,23,31)(H,25,29)(H,26,28);1H4. The number of nitrogens with two attached hydrogens (primary N) is 1. The molecule has 12 heteroatoms. The van der Waals surface area contributed by atoms with Crippen LogP contribution in [0.5, 0.6) is 0 Å². The summed E-state index contributed by atoms with van der Waals surface area (Å²) in [4.78, 5) is 59.4. The third-order valence-corrected chi connectivity index (χ3v) is 5.13. The van der Waals surface area contributed by atoms with Crippen molar-refractivity contribution in [2.75, 3.05) is 53.1 Å². The minimum atomic E-state index is -0.388.